The number of ketones is 1. The summed E-state index contributed by atoms with van der Waals surface area (Å²) in [5.41, 5.74) is 1.11. The van der Waals surface area contributed by atoms with Gasteiger partial charge >= 0.3 is 5.97 Å². The third-order valence-corrected chi connectivity index (χ3v) is 7.73. The maximum absolute atomic E-state index is 12.3. The molecule has 0 bridgehead atoms. The van der Waals surface area contributed by atoms with E-state index in [0.29, 0.717) is 30.9 Å². The molecule has 0 unspecified atom stereocenters. The number of ether oxygens (including phenoxy) is 3. The normalized spacial score (nSPS) is 13.2. The van der Waals surface area contributed by atoms with Crippen LogP contribution in [-0.4, -0.2) is 64.2 Å². The van der Waals surface area contributed by atoms with Crippen LogP contribution in [-0.2, 0) is 20.7 Å². The van der Waals surface area contributed by atoms with Crippen LogP contribution in [0.1, 0.15) is 131 Å². The van der Waals surface area contributed by atoms with Crippen molar-refractivity contribution < 1.29 is 44.2 Å². The molecule has 1 atom stereocenters. The van der Waals surface area contributed by atoms with Gasteiger partial charge in [-0.1, -0.05) is 115 Å². The van der Waals surface area contributed by atoms with E-state index < -0.39 is 0 Å². The number of rotatable bonds is 23. The molecule has 0 spiro atoms. The van der Waals surface area contributed by atoms with Crippen LogP contribution >= 0.6 is 0 Å². The molecule has 0 aromatic heterocycles. The van der Waals surface area contributed by atoms with Crippen molar-refractivity contribution in [1.82, 2.24) is 0 Å². The average Bonchev–Trinajstić information content (AvgIpc) is 3.21. The number of benzene rings is 1. The van der Waals surface area contributed by atoms with Crippen LogP contribution < -0.4 is 9.47 Å². The minimum Gasteiger partial charge on any atom is -0.508 e. The van der Waals surface area contributed by atoms with Gasteiger partial charge in [-0.05, 0) is 78.4 Å². The molecule has 4 N–H and O–H groups in total. The Balaban J connectivity index is -0.00000107. The molecule has 9 nitrogen and oxygen atoms in total. The smallest absolute Gasteiger partial charge is 0.306 e. The third-order valence-electron chi connectivity index (χ3n) is 7.73. The fraction of sp³-hybridized carbons (Fsp3) is 0.510. The lowest BCUT2D eigenvalue weighted by molar-refractivity contribution is -0.151. The molecular weight excluding hydrogens is 733 g/mol. The molecule has 2 rings (SSSR count). The van der Waals surface area contributed by atoms with Gasteiger partial charge < -0.3 is 34.6 Å². The van der Waals surface area contributed by atoms with Crippen molar-refractivity contribution in [1.29, 1.82) is 0 Å². The van der Waals surface area contributed by atoms with Gasteiger partial charge in [0.15, 0.2) is 5.78 Å². The summed E-state index contributed by atoms with van der Waals surface area (Å²) in [5, 5.41) is 35.2. The zero-order chi connectivity index (χ0) is 44.4. The molecule has 0 saturated carbocycles. The Kier molecular flexibility index (Phi) is 41.5. The minimum atomic E-state index is -0.327. The van der Waals surface area contributed by atoms with Gasteiger partial charge in [-0.3, -0.25) is 9.59 Å². The van der Waals surface area contributed by atoms with E-state index in [9.17, 15) is 14.7 Å². The summed E-state index contributed by atoms with van der Waals surface area (Å²) in [4.78, 5) is 23.0. The molecule has 0 amide bonds. The van der Waals surface area contributed by atoms with Crippen molar-refractivity contribution in [2.45, 2.75) is 144 Å². The van der Waals surface area contributed by atoms with Gasteiger partial charge in [0.2, 0.25) is 0 Å². The van der Waals surface area contributed by atoms with Crippen molar-refractivity contribution in [2.75, 3.05) is 19.8 Å². The monoisotopic (exact) mass is 809 g/mol. The van der Waals surface area contributed by atoms with Crippen LogP contribution in [0.25, 0.3) is 0 Å². The van der Waals surface area contributed by atoms with Crippen LogP contribution in [0.4, 0.5) is 0 Å². The number of hydrogen-bond acceptors (Lipinski definition) is 9. The van der Waals surface area contributed by atoms with Gasteiger partial charge in [-0.15, -0.1) is 12.3 Å². The maximum atomic E-state index is 12.3. The second-order valence-electron chi connectivity index (χ2n) is 13.0. The van der Waals surface area contributed by atoms with E-state index in [1.807, 2.05) is 27.7 Å². The second-order valence-corrected chi connectivity index (χ2v) is 13.0. The Bertz CT molecular complexity index is 1410. The number of carbonyl (C=O) groups excluding carboxylic acids is 2. The number of phenolic OH excluding ortho intramolecular Hbond substituents is 1. The molecular formula is C49H76O9. The van der Waals surface area contributed by atoms with E-state index in [2.05, 4.69) is 56.7 Å². The first-order valence-electron chi connectivity index (χ1n) is 20.7. The van der Waals surface area contributed by atoms with Gasteiger partial charge in [0.1, 0.15) is 35.7 Å². The lowest BCUT2D eigenvalue weighted by atomic mass is 10.0. The van der Waals surface area contributed by atoms with E-state index in [1.54, 1.807) is 43.4 Å². The first-order valence-corrected chi connectivity index (χ1v) is 20.7. The highest BCUT2D eigenvalue weighted by atomic mass is 16.6. The molecule has 0 saturated heterocycles. The van der Waals surface area contributed by atoms with Crippen LogP contribution in [0, 0.1) is 12.3 Å². The predicted octanol–water partition coefficient (Wildman–Crippen LogP) is 11.3. The lowest BCUT2D eigenvalue weighted by Gasteiger charge is -2.27. The number of carbonyl (C=O) groups is 2. The fourth-order valence-corrected chi connectivity index (χ4v) is 4.88. The molecule has 1 heterocycles. The van der Waals surface area contributed by atoms with Crippen molar-refractivity contribution in [2.24, 2.45) is 0 Å². The molecule has 1 aromatic carbocycles. The van der Waals surface area contributed by atoms with Crippen LogP contribution in [0.3, 0.4) is 0 Å². The van der Waals surface area contributed by atoms with Crippen molar-refractivity contribution >= 4 is 11.8 Å². The number of hydrogen-bond donors (Lipinski definition) is 4. The molecule has 0 radical (unpaired) electrons. The zero-order valence-electron chi connectivity index (χ0n) is 36.7. The quantitative estimate of drug-likeness (QED) is 0.0162. The molecule has 1 aliphatic heterocycles. The molecule has 326 valence electrons. The number of phenols is 1. The summed E-state index contributed by atoms with van der Waals surface area (Å²) in [6.45, 7) is 20.2. The predicted molar refractivity (Wildman–Crippen MR) is 241 cm³/mol. The van der Waals surface area contributed by atoms with Crippen LogP contribution in [0.15, 0.2) is 97.4 Å². The Labute approximate surface area is 351 Å². The van der Waals surface area contributed by atoms with Crippen LogP contribution in [0.5, 0.6) is 17.2 Å². The van der Waals surface area contributed by atoms with E-state index in [-0.39, 0.29) is 54.3 Å². The Morgan fingerprint density at radius 2 is 1.47 bits per heavy atom. The van der Waals surface area contributed by atoms with Gasteiger partial charge in [0.25, 0.3) is 0 Å². The summed E-state index contributed by atoms with van der Waals surface area (Å²) in [5.74, 6) is 3.00. The lowest BCUT2D eigenvalue weighted by Crippen LogP contribution is -2.31. The minimum absolute atomic E-state index is 0.0258. The number of allylic oxidation sites excluding steroid dienone is 9. The summed E-state index contributed by atoms with van der Waals surface area (Å²) >= 11 is 0. The maximum Gasteiger partial charge on any atom is 0.306 e. The Morgan fingerprint density at radius 1 is 0.914 bits per heavy atom. The van der Waals surface area contributed by atoms with E-state index >= 15 is 0 Å². The number of unbranched alkanes of at least 4 members (excludes halogenated alkanes) is 8. The molecule has 1 aliphatic rings. The summed E-state index contributed by atoms with van der Waals surface area (Å²) < 4.78 is 17.2. The SMILES string of the molecule is C#CC.C=CC(=O)/C(C)=C(\O)C=C.CC.CCCCC/C=C\C/C=C\CCCCCCCC(=O)O[C@@H]1COc2cc(O)cc(OC(C)C)c2C1.OC/C=C\C=C/CO. The topological polar surface area (TPSA) is 143 Å². The number of aromatic hydroxyl groups is 1. The number of fused-ring (bicyclic) bond motifs is 1. The number of terminal acetylenes is 1. The first kappa shape index (κ1) is 57.5. The first-order chi connectivity index (χ1) is 27.9. The Morgan fingerprint density at radius 3 is 1.98 bits per heavy atom. The van der Waals surface area contributed by atoms with E-state index in [0.717, 1.165) is 43.7 Å². The van der Waals surface area contributed by atoms with E-state index in [1.165, 1.54) is 51.5 Å². The highest BCUT2D eigenvalue weighted by molar-refractivity contribution is 6.03. The molecule has 58 heavy (non-hydrogen) atoms. The molecule has 0 fully saturated rings. The zero-order valence-corrected chi connectivity index (χ0v) is 36.7. The molecule has 0 aliphatic carbocycles. The highest BCUT2D eigenvalue weighted by Gasteiger charge is 2.27. The summed E-state index contributed by atoms with van der Waals surface area (Å²) in [6, 6.07) is 3.18. The van der Waals surface area contributed by atoms with Crippen LogP contribution in [0.2, 0.25) is 0 Å². The number of aliphatic hydroxyl groups excluding tert-OH is 3. The number of esters is 1. The van der Waals surface area contributed by atoms with Crippen molar-refractivity contribution in [3.63, 3.8) is 0 Å². The van der Waals surface area contributed by atoms with Crippen molar-refractivity contribution in [3.8, 4) is 29.6 Å². The molecule has 1 aromatic rings. The standard InChI is InChI=1S/C30H46O5.C8H10O2.C6H10O2.C3H4.C2H6/c1-4-5-6-7-8-9-10-11-12-13-14-15-16-17-18-19-30(32)35-26-22-27-28(33-23-26)20-25(31)21-29(27)34-24(2)3;1-4-7(9)6(3)8(10)5-2;7-5-3-1-2-4-6-8;1-3-2;1-2/h8-9,11-12,20-21,24,26,31H,4-7,10,13-19,22-23H2,1-3H3;4-5,9H,1-2H2,3H3;1-4,7-8H,5-6H2;1H,2H3;1-2H3/b9-8-,12-11-;7-6-;3-1-,4-2-;;/t26-;;;;/m0..../s1. The van der Waals surface area contributed by atoms with E-state index in [4.69, 9.17) is 29.5 Å². The van der Waals surface area contributed by atoms with Gasteiger partial charge in [0, 0.05) is 36.1 Å². The van der Waals surface area contributed by atoms with Gasteiger partial charge in [0.05, 0.1) is 19.3 Å². The second kappa shape index (κ2) is 41.8. The third kappa shape index (κ3) is 33.4. The largest absolute Gasteiger partial charge is 0.508 e. The average molecular weight is 809 g/mol. The summed E-state index contributed by atoms with van der Waals surface area (Å²) in [7, 11) is 0. The highest BCUT2D eigenvalue weighted by Crippen LogP contribution is 2.38. The van der Waals surface area contributed by atoms with Gasteiger partial charge in [-0.25, -0.2) is 0 Å². The molecule has 9 heteroatoms. The fourth-order valence-electron chi connectivity index (χ4n) is 4.88. The summed E-state index contributed by atoms with van der Waals surface area (Å²) in [6.07, 6.45) is 36.0. The van der Waals surface area contributed by atoms with Crippen molar-refractivity contribution in [3.05, 3.63) is 103 Å². The number of aliphatic hydroxyl groups is 3. The Hall–Kier alpha value is -4.78. The van der Waals surface area contributed by atoms with Gasteiger partial charge in [-0.2, -0.15) is 0 Å².